The Bertz CT molecular complexity index is 954. The van der Waals surface area contributed by atoms with E-state index in [0.717, 1.165) is 16.8 Å². The second-order valence-electron chi connectivity index (χ2n) is 7.19. The molecule has 0 radical (unpaired) electrons. The number of fused-ring (bicyclic) bond motifs is 2. The molecule has 1 fully saturated rings. The number of amides is 1. The largest absolute Gasteiger partial charge is 0.469 e. The van der Waals surface area contributed by atoms with Crippen molar-refractivity contribution in [2.75, 3.05) is 12.0 Å². The van der Waals surface area contributed by atoms with Gasteiger partial charge in [0.1, 0.15) is 11.5 Å². The number of hydrogen-bond donors (Lipinski definition) is 0. The fourth-order valence-corrected chi connectivity index (χ4v) is 4.69. The van der Waals surface area contributed by atoms with Crippen molar-refractivity contribution < 1.29 is 19.1 Å². The topological polar surface area (TPSA) is 55.8 Å². The van der Waals surface area contributed by atoms with Crippen LogP contribution in [0.5, 0.6) is 0 Å². The number of rotatable bonds is 3. The number of hydrogen-bond acceptors (Lipinski definition) is 4. The highest BCUT2D eigenvalue weighted by Crippen LogP contribution is 2.58. The van der Waals surface area contributed by atoms with Gasteiger partial charge in [-0.05, 0) is 17.7 Å². The molecular formula is C22H19NO4. The number of methoxy groups -OCH3 is 1. The predicted molar refractivity (Wildman–Crippen MR) is 98.8 cm³/mol. The summed E-state index contributed by atoms with van der Waals surface area (Å²) in [5.74, 6) is -1.74. The summed E-state index contributed by atoms with van der Waals surface area (Å²) in [4.78, 5) is 27.8. The summed E-state index contributed by atoms with van der Waals surface area (Å²) in [5, 5.41) is 0. The summed E-state index contributed by atoms with van der Waals surface area (Å²) >= 11 is 0. The molecule has 1 saturated heterocycles. The van der Waals surface area contributed by atoms with E-state index in [1.165, 1.54) is 7.11 Å². The third-order valence-corrected chi connectivity index (χ3v) is 5.84. The smallest absolute Gasteiger partial charge is 0.312 e. The van der Waals surface area contributed by atoms with E-state index in [0.29, 0.717) is 6.54 Å². The van der Waals surface area contributed by atoms with Gasteiger partial charge in [-0.3, -0.25) is 9.59 Å². The molecule has 3 aliphatic rings. The van der Waals surface area contributed by atoms with Crippen molar-refractivity contribution in [2.45, 2.75) is 18.2 Å². The monoisotopic (exact) mass is 361 g/mol. The molecule has 0 aliphatic carbocycles. The molecule has 5 heteroatoms. The van der Waals surface area contributed by atoms with Crippen molar-refractivity contribution in [2.24, 2.45) is 11.8 Å². The van der Waals surface area contributed by atoms with Crippen LogP contribution in [0.3, 0.4) is 0 Å². The molecule has 2 aromatic carbocycles. The SMILES string of the molecule is COC(=O)[C@H]1C2C(=O)N(Cc3ccccc3)c3ccccc3[C@@]23C=C[C@@H]1O3. The molecule has 2 aromatic rings. The second kappa shape index (κ2) is 5.79. The van der Waals surface area contributed by atoms with Crippen molar-refractivity contribution in [3.63, 3.8) is 0 Å². The van der Waals surface area contributed by atoms with Gasteiger partial charge in [0.2, 0.25) is 5.91 Å². The average molecular weight is 361 g/mol. The maximum atomic E-state index is 13.6. The van der Waals surface area contributed by atoms with Crippen LogP contribution in [0.25, 0.3) is 0 Å². The van der Waals surface area contributed by atoms with Gasteiger partial charge >= 0.3 is 5.97 Å². The van der Waals surface area contributed by atoms with Crippen LogP contribution in [0.15, 0.2) is 66.7 Å². The Morgan fingerprint density at radius 1 is 1.15 bits per heavy atom. The summed E-state index contributed by atoms with van der Waals surface area (Å²) in [7, 11) is 1.35. The molecule has 3 aliphatic heterocycles. The van der Waals surface area contributed by atoms with Gasteiger partial charge in [-0.1, -0.05) is 54.6 Å². The van der Waals surface area contributed by atoms with E-state index in [1.54, 1.807) is 4.90 Å². The Labute approximate surface area is 157 Å². The van der Waals surface area contributed by atoms with Crippen LogP contribution in [0.1, 0.15) is 11.1 Å². The van der Waals surface area contributed by atoms with Gasteiger partial charge in [0.15, 0.2) is 0 Å². The molecular weight excluding hydrogens is 342 g/mol. The summed E-state index contributed by atoms with van der Waals surface area (Å²) in [6.45, 7) is 0.450. The summed E-state index contributed by atoms with van der Waals surface area (Å²) < 4.78 is 11.2. The maximum absolute atomic E-state index is 13.6. The van der Waals surface area contributed by atoms with Crippen molar-refractivity contribution in [3.05, 3.63) is 77.9 Å². The highest BCUT2D eigenvalue weighted by atomic mass is 16.5. The number of nitrogens with zero attached hydrogens (tertiary/aromatic N) is 1. The van der Waals surface area contributed by atoms with Gasteiger partial charge in [0.05, 0.1) is 31.4 Å². The minimum absolute atomic E-state index is 0.0974. The van der Waals surface area contributed by atoms with Gasteiger partial charge in [0, 0.05) is 5.56 Å². The van der Waals surface area contributed by atoms with Crippen molar-refractivity contribution in [1.29, 1.82) is 0 Å². The predicted octanol–water partition coefficient (Wildman–Crippen LogP) is 2.80. The zero-order valence-corrected chi connectivity index (χ0v) is 14.9. The van der Waals surface area contributed by atoms with E-state index in [4.69, 9.17) is 9.47 Å². The lowest BCUT2D eigenvalue weighted by molar-refractivity contribution is -0.150. The lowest BCUT2D eigenvalue weighted by Crippen LogP contribution is -2.52. The van der Waals surface area contributed by atoms with E-state index in [-0.39, 0.29) is 5.91 Å². The Hall–Kier alpha value is -2.92. The van der Waals surface area contributed by atoms with Crippen LogP contribution in [0, 0.1) is 11.8 Å². The molecule has 136 valence electrons. The van der Waals surface area contributed by atoms with Gasteiger partial charge in [0.25, 0.3) is 0 Å². The van der Waals surface area contributed by atoms with E-state index < -0.39 is 29.5 Å². The van der Waals surface area contributed by atoms with Gasteiger partial charge in [-0.25, -0.2) is 0 Å². The van der Waals surface area contributed by atoms with Gasteiger partial charge in [-0.2, -0.15) is 0 Å². The highest BCUT2D eigenvalue weighted by Gasteiger charge is 2.66. The van der Waals surface area contributed by atoms with Crippen LogP contribution < -0.4 is 4.90 Å². The number of ether oxygens (including phenoxy) is 2. The van der Waals surface area contributed by atoms with Crippen molar-refractivity contribution in [1.82, 2.24) is 0 Å². The molecule has 2 bridgehead atoms. The van der Waals surface area contributed by atoms with Gasteiger partial charge < -0.3 is 14.4 Å². The zero-order valence-electron chi connectivity index (χ0n) is 14.9. The van der Waals surface area contributed by atoms with Crippen molar-refractivity contribution >= 4 is 17.6 Å². The van der Waals surface area contributed by atoms with Crippen LogP contribution >= 0.6 is 0 Å². The Kier molecular flexibility index (Phi) is 3.49. The molecule has 0 N–H and O–H groups in total. The Balaban J connectivity index is 1.65. The third kappa shape index (κ3) is 2.15. The standard InChI is InChI=1S/C22H19NO4/c1-26-21(25)18-17-11-12-22(27-17)15-9-5-6-10-16(15)23(20(24)19(18)22)13-14-7-3-2-4-8-14/h2-12,17-19H,13H2,1H3/t17-,18+,19?,22-/m0/s1. The molecule has 5 rings (SSSR count). The molecule has 3 heterocycles. The number of anilines is 1. The summed E-state index contributed by atoms with van der Waals surface area (Å²) in [6, 6.07) is 17.6. The summed E-state index contributed by atoms with van der Waals surface area (Å²) in [6.07, 6.45) is 3.39. The van der Waals surface area contributed by atoms with E-state index in [1.807, 2.05) is 66.7 Å². The molecule has 27 heavy (non-hydrogen) atoms. The molecule has 4 atom stereocenters. The minimum Gasteiger partial charge on any atom is -0.469 e. The average Bonchev–Trinajstić information content (AvgIpc) is 3.29. The highest BCUT2D eigenvalue weighted by molar-refractivity contribution is 6.03. The quantitative estimate of drug-likeness (QED) is 0.623. The maximum Gasteiger partial charge on any atom is 0.312 e. The fourth-order valence-electron chi connectivity index (χ4n) is 4.69. The zero-order chi connectivity index (χ0) is 18.6. The fraction of sp³-hybridized carbons (Fsp3) is 0.273. The molecule has 0 saturated carbocycles. The van der Waals surface area contributed by atoms with E-state index >= 15 is 0 Å². The third-order valence-electron chi connectivity index (χ3n) is 5.84. The molecule has 1 unspecified atom stereocenters. The van der Waals surface area contributed by atoms with Crippen LogP contribution in [-0.4, -0.2) is 25.1 Å². The van der Waals surface area contributed by atoms with Crippen LogP contribution in [-0.2, 0) is 31.2 Å². The van der Waals surface area contributed by atoms with Crippen molar-refractivity contribution in [3.8, 4) is 0 Å². The first-order valence-electron chi connectivity index (χ1n) is 9.05. The number of benzene rings is 2. The molecule has 1 amide bonds. The first kappa shape index (κ1) is 16.3. The second-order valence-corrected chi connectivity index (χ2v) is 7.19. The van der Waals surface area contributed by atoms with E-state index in [2.05, 4.69) is 0 Å². The number of carbonyl (C=O) groups is 2. The first-order valence-corrected chi connectivity index (χ1v) is 9.05. The molecule has 5 nitrogen and oxygen atoms in total. The lowest BCUT2D eigenvalue weighted by atomic mass is 9.69. The Morgan fingerprint density at radius 3 is 2.67 bits per heavy atom. The van der Waals surface area contributed by atoms with Crippen LogP contribution in [0.4, 0.5) is 5.69 Å². The lowest BCUT2D eigenvalue weighted by Gasteiger charge is -2.43. The number of carbonyl (C=O) groups excluding carboxylic acids is 2. The molecule has 1 spiro atoms. The Morgan fingerprint density at radius 2 is 1.89 bits per heavy atom. The molecule has 0 aromatic heterocycles. The van der Waals surface area contributed by atoms with Gasteiger partial charge in [-0.15, -0.1) is 0 Å². The van der Waals surface area contributed by atoms with Crippen LogP contribution in [0.2, 0.25) is 0 Å². The number of esters is 1. The van der Waals surface area contributed by atoms with E-state index in [9.17, 15) is 9.59 Å². The number of para-hydroxylation sites is 1. The minimum atomic E-state index is -0.885. The summed E-state index contributed by atoms with van der Waals surface area (Å²) in [5.41, 5.74) is 1.91. The normalized spacial score (nSPS) is 30.2. The first-order chi connectivity index (χ1) is 13.2.